The lowest BCUT2D eigenvalue weighted by atomic mass is 9.98. The summed E-state index contributed by atoms with van der Waals surface area (Å²) in [5.74, 6) is 0. The molecule has 1 aliphatic rings. The fourth-order valence-electron chi connectivity index (χ4n) is 2.60. The molecule has 1 heterocycles. The van der Waals surface area contributed by atoms with Gasteiger partial charge in [0.05, 0.1) is 18.8 Å². The Morgan fingerprint density at radius 2 is 2.20 bits per heavy atom. The van der Waals surface area contributed by atoms with Crippen LogP contribution in [0.15, 0.2) is 24.5 Å². The first-order valence-corrected chi connectivity index (χ1v) is 7.68. The van der Waals surface area contributed by atoms with Crippen LogP contribution < -0.4 is 5.32 Å². The molecule has 20 heavy (non-hydrogen) atoms. The number of nitrogens with one attached hydrogen (secondary N) is 1. The minimum Gasteiger partial charge on any atom is -0.389 e. The lowest BCUT2D eigenvalue weighted by Crippen LogP contribution is -2.33. The maximum absolute atomic E-state index is 9.97. The van der Waals surface area contributed by atoms with Gasteiger partial charge >= 0.3 is 0 Å². The van der Waals surface area contributed by atoms with Gasteiger partial charge in [0, 0.05) is 25.0 Å². The summed E-state index contributed by atoms with van der Waals surface area (Å²) < 4.78 is 5.78. The normalized spacial score (nSPS) is 19.7. The highest BCUT2D eigenvalue weighted by atomic mass is 16.5. The molecule has 112 valence electrons. The second-order valence-electron chi connectivity index (χ2n) is 5.66. The third-order valence-electron chi connectivity index (χ3n) is 3.92. The highest BCUT2D eigenvalue weighted by molar-refractivity contribution is 5.12. The Labute approximate surface area is 121 Å². The molecule has 0 radical (unpaired) electrons. The minimum atomic E-state index is -0.448. The number of pyridine rings is 1. The first-order chi connectivity index (χ1) is 9.75. The van der Waals surface area contributed by atoms with Gasteiger partial charge in [0.1, 0.15) is 0 Å². The minimum absolute atomic E-state index is 0.188. The SMILES string of the molecule is C[C@@H](NCC(O)COC1CCCCC1)c1cccnc1. The first-order valence-electron chi connectivity index (χ1n) is 7.68. The van der Waals surface area contributed by atoms with Crippen LogP contribution in [0.2, 0.25) is 0 Å². The molecule has 0 saturated heterocycles. The Balaban J connectivity index is 1.63. The number of nitrogens with zero attached hydrogens (tertiary/aromatic N) is 1. The van der Waals surface area contributed by atoms with Crippen molar-refractivity contribution in [3.05, 3.63) is 30.1 Å². The second kappa shape index (κ2) is 8.35. The maximum atomic E-state index is 9.97. The fraction of sp³-hybridized carbons (Fsp3) is 0.688. The molecule has 0 aromatic carbocycles. The number of hydrogen-bond donors (Lipinski definition) is 2. The van der Waals surface area contributed by atoms with Crippen molar-refractivity contribution in [3.8, 4) is 0 Å². The predicted octanol–water partition coefficient (Wildman–Crippen LogP) is 2.44. The lowest BCUT2D eigenvalue weighted by Gasteiger charge is -2.24. The predicted molar refractivity (Wildman–Crippen MR) is 79.5 cm³/mol. The molecular weight excluding hydrogens is 252 g/mol. The van der Waals surface area contributed by atoms with Crippen LogP contribution in [-0.2, 0) is 4.74 Å². The van der Waals surface area contributed by atoms with E-state index in [9.17, 15) is 5.11 Å². The van der Waals surface area contributed by atoms with Gasteiger partial charge in [-0.1, -0.05) is 25.3 Å². The van der Waals surface area contributed by atoms with Crippen LogP contribution in [0.4, 0.5) is 0 Å². The highest BCUT2D eigenvalue weighted by Crippen LogP contribution is 2.20. The summed E-state index contributed by atoms with van der Waals surface area (Å²) in [5, 5.41) is 13.3. The number of rotatable bonds is 7. The topological polar surface area (TPSA) is 54.4 Å². The Bertz CT molecular complexity index is 366. The monoisotopic (exact) mass is 278 g/mol. The molecule has 1 aromatic heterocycles. The Hall–Kier alpha value is -0.970. The van der Waals surface area contributed by atoms with Gasteiger partial charge in [-0.25, -0.2) is 0 Å². The van der Waals surface area contributed by atoms with Crippen molar-refractivity contribution in [1.29, 1.82) is 0 Å². The van der Waals surface area contributed by atoms with Crippen molar-refractivity contribution >= 4 is 0 Å². The van der Waals surface area contributed by atoms with Crippen LogP contribution in [0.1, 0.15) is 50.6 Å². The standard InChI is InChI=1S/C16H26N2O2/c1-13(14-6-5-9-17-10-14)18-11-15(19)12-20-16-7-3-2-4-8-16/h5-6,9-10,13,15-16,18-19H,2-4,7-8,11-12H2,1H3/t13-,15?/m1/s1. The van der Waals surface area contributed by atoms with E-state index in [0.717, 1.165) is 18.4 Å². The van der Waals surface area contributed by atoms with Crippen LogP contribution in [0.3, 0.4) is 0 Å². The number of aliphatic hydroxyl groups is 1. The van der Waals surface area contributed by atoms with Crippen molar-refractivity contribution in [2.24, 2.45) is 0 Å². The average molecular weight is 278 g/mol. The molecule has 0 aliphatic heterocycles. The van der Waals surface area contributed by atoms with Crippen molar-refractivity contribution in [2.75, 3.05) is 13.2 Å². The smallest absolute Gasteiger partial charge is 0.0898 e. The molecule has 1 aliphatic carbocycles. The number of hydrogen-bond acceptors (Lipinski definition) is 4. The zero-order valence-corrected chi connectivity index (χ0v) is 12.3. The Morgan fingerprint density at radius 3 is 2.90 bits per heavy atom. The third kappa shape index (κ3) is 5.19. The summed E-state index contributed by atoms with van der Waals surface area (Å²) in [4.78, 5) is 4.10. The summed E-state index contributed by atoms with van der Waals surface area (Å²) in [6.45, 7) is 3.05. The van der Waals surface area contributed by atoms with Crippen LogP contribution >= 0.6 is 0 Å². The summed E-state index contributed by atoms with van der Waals surface area (Å²) in [6, 6.07) is 4.15. The van der Waals surface area contributed by atoms with E-state index in [0.29, 0.717) is 19.3 Å². The average Bonchev–Trinajstić information content (AvgIpc) is 2.52. The maximum Gasteiger partial charge on any atom is 0.0898 e. The van der Waals surface area contributed by atoms with Gasteiger partial charge in [0.2, 0.25) is 0 Å². The van der Waals surface area contributed by atoms with E-state index < -0.39 is 6.10 Å². The van der Waals surface area contributed by atoms with E-state index in [2.05, 4.69) is 17.2 Å². The van der Waals surface area contributed by atoms with Gasteiger partial charge in [-0.3, -0.25) is 4.98 Å². The molecule has 0 amide bonds. The van der Waals surface area contributed by atoms with Gasteiger partial charge in [-0.2, -0.15) is 0 Å². The van der Waals surface area contributed by atoms with E-state index in [1.807, 2.05) is 18.3 Å². The van der Waals surface area contributed by atoms with Gasteiger partial charge in [-0.15, -0.1) is 0 Å². The van der Waals surface area contributed by atoms with Crippen molar-refractivity contribution in [2.45, 2.75) is 57.3 Å². The van der Waals surface area contributed by atoms with Crippen molar-refractivity contribution in [1.82, 2.24) is 10.3 Å². The first kappa shape index (κ1) is 15.4. The van der Waals surface area contributed by atoms with Gasteiger partial charge < -0.3 is 15.2 Å². The van der Waals surface area contributed by atoms with Crippen molar-refractivity contribution in [3.63, 3.8) is 0 Å². The quantitative estimate of drug-likeness (QED) is 0.804. The molecule has 4 nitrogen and oxygen atoms in total. The largest absolute Gasteiger partial charge is 0.389 e. The molecular formula is C16H26N2O2. The number of aliphatic hydroxyl groups excluding tert-OH is 1. The Kier molecular flexibility index (Phi) is 6.43. The van der Waals surface area contributed by atoms with Crippen LogP contribution in [-0.4, -0.2) is 35.5 Å². The van der Waals surface area contributed by atoms with E-state index in [1.165, 1.54) is 19.3 Å². The third-order valence-corrected chi connectivity index (χ3v) is 3.92. The molecule has 1 aromatic rings. The molecule has 0 spiro atoms. The van der Waals surface area contributed by atoms with Gasteiger partial charge in [0.15, 0.2) is 0 Å². The molecule has 1 fully saturated rings. The molecule has 0 bridgehead atoms. The fourth-order valence-corrected chi connectivity index (χ4v) is 2.60. The second-order valence-corrected chi connectivity index (χ2v) is 5.66. The van der Waals surface area contributed by atoms with Crippen LogP contribution in [0.25, 0.3) is 0 Å². The van der Waals surface area contributed by atoms with E-state index >= 15 is 0 Å². The lowest BCUT2D eigenvalue weighted by molar-refractivity contribution is -0.0235. The molecule has 2 rings (SSSR count). The number of ether oxygens (including phenoxy) is 1. The Morgan fingerprint density at radius 1 is 1.40 bits per heavy atom. The summed E-state index contributed by atoms with van der Waals surface area (Å²) >= 11 is 0. The van der Waals surface area contributed by atoms with E-state index in [1.54, 1.807) is 6.20 Å². The molecule has 4 heteroatoms. The molecule has 2 N–H and O–H groups in total. The van der Waals surface area contributed by atoms with Crippen molar-refractivity contribution < 1.29 is 9.84 Å². The van der Waals surface area contributed by atoms with E-state index in [-0.39, 0.29) is 6.04 Å². The molecule has 1 saturated carbocycles. The zero-order valence-electron chi connectivity index (χ0n) is 12.3. The summed E-state index contributed by atoms with van der Waals surface area (Å²) in [7, 11) is 0. The van der Waals surface area contributed by atoms with E-state index in [4.69, 9.17) is 4.74 Å². The van der Waals surface area contributed by atoms with Gasteiger partial charge in [-0.05, 0) is 31.4 Å². The number of aromatic nitrogens is 1. The molecule has 1 unspecified atom stereocenters. The zero-order chi connectivity index (χ0) is 14.2. The van der Waals surface area contributed by atoms with Crippen LogP contribution in [0, 0.1) is 0 Å². The highest BCUT2D eigenvalue weighted by Gasteiger charge is 2.16. The summed E-state index contributed by atoms with van der Waals surface area (Å²) in [5.41, 5.74) is 1.13. The molecule has 2 atom stereocenters. The van der Waals surface area contributed by atoms with Crippen LogP contribution in [0.5, 0.6) is 0 Å². The summed E-state index contributed by atoms with van der Waals surface area (Å²) in [6.07, 6.45) is 9.66. The van der Waals surface area contributed by atoms with Gasteiger partial charge in [0.25, 0.3) is 0 Å².